The van der Waals surface area contributed by atoms with Gasteiger partial charge < -0.3 is 14.5 Å². The molecule has 4 aromatic rings. The largest absolute Gasteiger partial charge is 0.497 e. The second kappa shape index (κ2) is 9.12. The fraction of sp³-hybridized carbons (Fsp3) is 0.250. The number of rotatable bonds is 6. The molecular weight excluding hydrogens is 412 g/mol. The van der Waals surface area contributed by atoms with Crippen LogP contribution in [0.2, 0.25) is 0 Å². The number of fused-ring (bicyclic) bond motifs is 3. The predicted octanol–water partition coefficient (Wildman–Crippen LogP) is 5.26. The average molecular weight is 441 g/mol. The van der Waals surface area contributed by atoms with Gasteiger partial charge in [-0.1, -0.05) is 60.7 Å². The summed E-state index contributed by atoms with van der Waals surface area (Å²) < 4.78 is 11.0. The van der Waals surface area contributed by atoms with E-state index in [1.54, 1.807) is 7.11 Å². The number of H-pyrrole nitrogens is 1. The van der Waals surface area contributed by atoms with E-state index in [9.17, 15) is 4.79 Å². The van der Waals surface area contributed by atoms with Crippen molar-refractivity contribution in [1.82, 2.24) is 9.88 Å². The number of nitrogens with one attached hydrogen (secondary N) is 1. The lowest BCUT2D eigenvalue weighted by atomic mass is 9.87. The van der Waals surface area contributed by atoms with Crippen LogP contribution in [0, 0.1) is 0 Å². The van der Waals surface area contributed by atoms with E-state index in [1.807, 2.05) is 43.3 Å². The molecule has 0 bridgehead atoms. The maximum Gasteiger partial charge on any atom is 0.323 e. The number of methoxy groups -OCH3 is 1. The molecule has 1 N–H and O–H groups in total. The molecule has 1 aromatic heterocycles. The van der Waals surface area contributed by atoms with Crippen molar-refractivity contribution in [3.05, 3.63) is 101 Å². The van der Waals surface area contributed by atoms with Crippen LogP contribution in [0.4, 0.5) is 0 Å². The Morgan fingerprint density at radius 3 is 2.45 bits per heavy atom. The van der Waals surface area contributed by atoms with Crippen LogP contribution in [-0.4, -0.2) is 35.6 Å². The van der Waals surface area contributed by atoms with Crippen LogP contribution < -0.4 is 4.74 Å². The minimum Gasteiger partial charge on any atom is -0.497 e. The molecule has 33 heavy (non-hydrogen) atoms. The first-order valence-corrected chi connectivity index (χ1v) is 11.4. The molecule has 0 fully saturated rings. The van der Waals surface area contributed by atoms with Crippen molar-refractivity contribution in [2.75, 3.05) is 13.7 Å². The second-order valence-corrected chi connectivity index (χ2v) is 8.37. The van der Waals surface area contributed by atoms with E-state index in [-0.39, 0.29) is 18.1 Å². The van der Waals surface area contributed by atoms with E-state index in [0.29, 0.717) is 19.6 Å². The molecular formula is C28H28N2O3. The van der Waals surface area contributed by atoms with Gasteiger partial charge in [0, 0.05) is 29.6 Å². The number of benzene rings is 3. The molecule has 0 radical (unpaired) electrons. The first kappa shape index (κ1) is 21.3. The number of hydrogen-bond donors (Lipinski definition) is 1. The van der Waals surface area contributed by atoms with E-state index in [4.69, 9.17) is 9.47 Å². The molecule has 2 heterocycles. The molecule has 0 saturated heterocycles. The van der Waals surface area contributed by atoms with E-state index < -0.39 is 0 Å². The molecule has 1 aliphatic heterocycles. The first-order valence-electron chi connectivity index (χ1n) is 11.4. The molecule has 5 heteroatoms. The summed E-state index contributed by atoms with van der Waals surface area (Å²) in [5.74, 6) is 0.630. The van der Waals surface area contributed by atoms with Crippen molar-refractivity contribution < 1.29 is 14.3 Å². The van der Waals surface area contributed by atoms with Crippen molar-refractivity contribution in [2.24, 2.45) is 0 Å². The molecule has 3 aromatic carbocycles. The summed E-state index contributed by atoms with van der Waals surface area (Å²) in [5, 5.41) is 1.17. The number of aromatic nitrogens is 1. The summed E-state index contributed by atoms with van der Waals surface area (Å²) in [6.45, 7) is 2.86. The number of esters is 1. The first-order chi connectivity index (χ1) is 16.2. The summed E-state index contributed by atoms with van der Waals surface area (Å²) in [6.07, 6.45) is 0.609. The van der Waals surface area contributed by atoms with Crippen molar-refractivity contribution in [1.29, 1.82) is 0 Å². The Hall–Kier alpha value is -3.57. The zero-order valence-electron chi connectivity index (χ0n) is 19.0. The fourth-order valence-corrected chi connectivity index (χ4v) is 4.93. The van der Waals surface area contributed by atoms with Gasteiger partial charge >= 0.3 is 5.97 Å². The highest BCUT2D eigenvalue weighted by Crippen LogP contribution is 2.42. The molecule has 0 saturated carbocycles. The lowest BCUT2D eigenvalue weighted by Gasteiger charge is -2.41. The van der Waals surface area contributed by atoms with Gasteiger partial charge in [-0.3, -0.25) is 9.69 Å². The van der Waals surface area contributed by atoms with E-state index in [1.165, 1.54) is 10.9 Å². The van der Waals surface area contributed by atoms with E-state index in [0.717, 1.165) is 28.1 Å². The Labute approximate surface area is 193 Å². The van der Waals surface area contributed by atoms with Gasteiger partial charge in [-0.15, -0.1) is 0 Å². The van der Waals surface area contributed by atoms with Crippen LogP contribution >= 0.6 is 0 Å². The Morgan fingerprint density at radius 1 is 1.00 bits per heavy atom. The predicted molar refractivity (Wildman–Crippen MR) is 129 cm³/mol. The Kier molecular flexibility index (Phi) is 5.88. The molecule has 0 unspecified atom stereocenters. The third-order valence-electron chi connectivity index (χ3n) is 6.45. The van der Waals surface area contributed by atoms with Crippen molar-refractivity contribution >= 4 is 16.9 Å². The third kappa shape index (κ3) is 4.00. The minimum absolute atomic E-state index is 0.123. The van der Waals surface area contributed by atoms with Crippen LogP contribution in [0.25, 0.3) is 10.9 Å². The third-order valence-corrected chi connectivity index (χ3v) is 6.45. The molecule has 0 amide bonds. The lowest BCUT2D eigenvalue weighted by molar-refractivity contribution is -0.151. The van der Waals surface area contributed by atoms with Crippen molar-refractivity contribution in [3.8, 4) is 5.75 Å². The highest BCUT2D eigenvalue weighted by Gasteiger charge is 2.41. The van der Waals surface area contributed by atoms with Gasteiger partial charge in [-0.2, -0.15) is 0 Å². The molecule has 0 spiro atoms. The Balaban J connectivity index is 1.69. The number of carbonyl (C=O) groups excluding carboxylic acids is 1. The summed E-state index contributed by atoms with van der Waals surface area (Å²) in [6, 6.07) is 26.2. The van der Waals surface area contributed by atoms with Gasteiger partial charge in [-0.25, -0.2) is 0 Å². The Morgan fingerprint density at radius 2 is 1.73 bits per heavy atom. The maximum atomic E-state index is 13.2. The second-order valence-electron chi connectivity index (χ2n) is 8.37. The quantitative estimate of drug-likeness (QED) is 0.416. The minimum atomic E-state index is -0.385. The number of nitrogens with zero attached hydrogens (tertiary/aromatic N) is 1. The van der Waals surface area contributed by atoms with Gasteiger partial charge in [0.25, 0.3) is 0 Å². The Bertz CT molecular complexity index is 1250. The number of hydrogen-bond acceptors (Lipinski definition) is 4. The standard InChI is InChI=1S/C28H28N2O3/c1-3-33-28(31)25-17-23-22-11-7-8-12-24(22)29-26(23)27(20-13-15-21(32-2)16-14-20)30(25)18-19-9-5-4-6-10-19/h4-16,25,27,29H,3,17-18H2,1-2H3/t25-,27-/m0/s1. The normalized spacial score (nSPS) is 18.1. The van der Waals surface area contributed by atoms with Crippen molar-refractivity contribution in [2.45, 2.75) is 32.0 Å². The average Bonchev–Trinajstić information content (AvgIpc) is 3.22. The van der Waals surface area contributed by atoms with Gasteiger partial charge in [0.15, 0.2) is 0 Å². The summed E-state index contributed by atoms with van der Waals surface area (Å²) in [4.78, 5) is 19.2. The fourth-order valence-electron chi connectivity index (χ4n) is 4.93. The summed E-state index contributed by atoms with van der Waals surface area (Å²) >= 11 is 0. The monoisotopic (exact) mass is 440 g/mol. The number of ether oxygens (including phenoxy) is 2. The summed E-state index contributed by atoms with van der Waals surface area (Å²) in [7, 11) is 1.67. The highest BCUT2D eigenvalue weighted by atomic mass is 16.5. The van der Waals surface area contributed by atoms with E-state index >= 15 is 0 Å². The smallest absolute Gasteiger partial charge is 0.323 e. The van der Waals surface area contributed by atoms with Crippen LogP contribution in [0.15, 0.2) is 78.9 Å². The maximum absolute atomic E-state index is 13.2. The van der Waals surface area contributed by atoms with Gasteiger partial charge in [0.2, 0.25) is 0 Å². The van der Waals surface area contributed by atoms with E-state index in [2.05, 4.69) is 52.3 Å². The SMILES string of the molecule is CCOC(=O)[C@@H]1Cc2c([nH]c3ccccc23)[C@H](c2ccc(OC)cc2)N1Cc1ccccc1. The molecule has 1 aliphatic rings. The highest BCUT2D eigenvalue weighted by molar-refractivity contribution is 5.87. The topological polar surface area (TPSA) is 54.6 Å². The summed E-state index contributed by atoms with van der Waals surface area (Å²) in [5.41, 5.74) is 5.68. The van der Waals surface area contributed by atoms with Gasteiger partial charge in [-0.05, 0) is 41.8 Å². The number of aromatic amines is 1. The molecule has 168 valence electrons. The molecule has 5 nitrogen and oxygen atoms in total. The number of carbonyl (C=O) groups is 1. The van der Waals surface area contributed by atoms with Crippen LogP contribution in [0.5, 0.6) is 5.75 Å². The number of para-hydroxylation sites is 1. The molecule has 2 atom stereocenters. The lowest BCUT2D eigenvalue weighted by Crippen LogP contribution is -2.48. The van der Waals surface area contributed by atoms with Gasteiger partial charge in [0.1, 0.15) is 11.8 Å². The van der Waals surface area contributed by atoms with Crippen LogP contribution in [-0.2, 0) is 22.5 Å². The zero-order valence-corrected chi connectivity index (χ0v) is 19.0. The van der Waals surface area contributed by atoms with Crippen molar-refractivity contribution in [3.63, 3.8) is 0 Å². The van der Waals surface area contributed by atoms with Crippen LogP contribution in [0.1, 0.15) is 35.3 Å². The molecule has 5 rings (SSSR count). The van der Waals surface area contributed by atoms with Gasteiger partial charge in [0.05, 0.1) is 19.8 Å². The molecule has 0 aliphatic carbocycles. The zero-order chi connectivity index (χ0) is 22.8. The van der Waals surface area contributed by atoms with Crippen LogP contribution in [0.3, 0.4) is 0 Å².